The highest BCUT2D eigenvalue weighted by Crippen LogP contribution is 2.23. The Morgan fingerprint density at radius 1 is 0.906 bits per heavy atom. The number of H-pyrrole nitrogens is 1. The van der Waals surface area contributed by atoms with E-state index in [0.29, 0.717) is 0 Å². The number of para-hydroxylation sites is 2. The van der Waals surface area contributed by atoms with Gasteiger partial charge in [0.1, 0.15) is 11.6 Å². The van der Waals surface area contributed by atoms with Gasteiger partial charge in [0.25, 0.3) is 0 Å². The van der Waals surface area contributed by atoms with E-state index in [4.69, 9.17) is 16.3 Å². The first-order valence-corrected chi connectivity index (χ1v) is 11.5. The second-order valence-corrected chi connectivity index (χ2v) is 8.57. The van der Waals surface area contributed by atoms with E-state index in [2.05, 4.69) is 38.0 Å². The van der Waals surface area contributed by atoms with Gasteiger partial charge < -0.3 is 14.6 Å². The van der Waals surface area contributed by atoms with Crippen LogP contribution in [0.15, 0.2) is 72.8 Å². The molecule has 1 N–H and O–H groups in total. The fourth-order valence-corrected chi connectivity index (χ4v) is 4.36. The van der Waals surface area contributed by atoms with Crippen molar-refractivity contribution in [3.8, 4) is 17.1 Å². The summed E-state index contributed by atoms with van der Waals surface area (Å²) in [7, 11) is 0. The molecule has 0 unspecified atom stereocenters. The Kier molecular flexibility index (Phi) is 6.28. The molecule has 4 aromatic rings. The molecule has 0 radical (unpaired) electrons. The van der Waals surface area contributed by atoms with Crippen LogP contribution in [0.4, 0.5) is 5.69 Å². The second kappa shape index (κ2) is 9.63. The van der Waals surface area contributed by atoms with Crippen molar-refractivity contribution in [3.05, 3.63) is 77.8 Å². The summed E-state index contributed by atoms with van der Waals surface area (Å²) in [5, 5.41) is 0.799. The number of nitrogens with zero attached hydrogens (tertiary/aromatic N) is 3. The number of anilines is 1. The highest BCUT2D eigenvalue weighted by Gasteiger charge is 2.17. The van der Waals surface area contributed by atoms with Crippen LogP contribution in [-0.2, 0) is 0 Å². The van der Waals surface area contributed by atoms with E-state index in [-0.39, 0.29) is 0 Å². The summed E-state index contributed by atoms with van der Waals surface area (Å²) in [6, 6.07) is 24.4. The summed E-state index contributed by atoms with van der Waals surface area (Å²) in [6.07, 6.45) is 1.02. The molecule has 5 nitrogen and oxygen atoms in total. The molecule has 0 bridgehead atoms. The van der Waals surface area contributed by atoms with E-state index in [1.165, 1.54) is 5.69 Å². The average Bonchev–Trinajstić information content (AvgIpc) is 3.27. The van der Waals surface area contributed by atoms with Gasteiger partial charge in [-0.25, -0.2) is 4.98 Å². The maximum atomic E-state index is 6.13. The van der Waals surface area contributed by atoms with E-state index in [9.17, 15) is 0 Å². The number of benzene rings is 3. The average molecular weight is 447 g/mol. The smallest absolute Gasteiger partial charge is 0.138 e. The lowest BCUT2D eigenvalue weighted by molar-refractivity contribution is 0.225. The number of hydrogen-bond acceptors (Lipinski definition) is 4. The van der Waals surface area contributed by atoms with Crippen LogP contribution in [0, 0.1) is 0 Å². The van der Waals surface area contributed by atoms with E-state index in [1.54, 1.807) is 0 Å². The molecule has 1 aromatic heterocycles. The topological polar surface area (TPSA) is 44.4 Å². The fourth-order valence-electron chi connectivity index (χ4n) is 4.18. The highest BCUT2D eigenvalue weighted by atomic mass is 35.5. The van der Waals surface area contributed by atoms with Crippen molar-refractivity contribution in [3.63, 3.8) is 0 Å². The molecule has 0 amide bonds. The van der Waals surface area contributed by atoms with Crippen LogP contribution in [0.25, 0.3) is 22.4 Å². The lowest BCUT2D eigenvalue weighted by Gasteiger charge is -2.36. The van der Waals surface area contributed by atoms with Crippen molar-refractivity contribution in [1.29, 1.82) is 0 Å². The maximum absolute atomic E-state index is 6.13. The molecule has 32 heavy (non-hydrogen) atoms. The Balaban J connectivity index is 1.06. The molecule has 1 aliphatic heterocycles. The van der Waals surface area contributed by atoms with E-state index >= 15 is 0 Å². The number of ether oxygens (including phenoxy) is 1. The van der Waals surface area contributed by atoms with Gasteiger partial charge in [-0.1, -0.05) is 29.8 Å². The van der Waals surface area contributed by atoms with Gasteiger partial charge in [-0.15, -0.1) is 0 Å². The Hall–Kier alpha value is -3.02. The van der Waals surface area contributed by atoms with Crippen molar-refractivity contribution in [2.75, 3.05) is 44.2 Å². The van der Waals surface area contributed by atoms with E-state index in [1.807, 2.05) is 54.6 Å². The van der Waals surface area contributed by atoms with Gasteiger partial charge in [0.15, 0.2) is 0 Å². The number of fused-ring (bicyclic) bond motifs is 1. The predicted octanol–water partition coefficient (Wildman–Crippen LogP) is 5.47. The first-order chi connectivity index (χ1) is 15.7. The molecule has 5 rings (SSSR count). The number of nitrogens with one attached hydrogen (secondary N) is 1. The molecule has 1 saturated heterocycles. The van der Waals surface area contributed by atoms with Gasteiger partial charge >= 0.3 is 0 Å². The Labute approximate surface area is 193 Å². The van der Waals surface area contributed by atoms with Crippen molar-refractivity contribution < 1.29 is 4.74 Å². The van der Waals surface area contributed by atoms with Gasteiger partial charge in [0, 0.05) is 49.0 Å². The lowest BCUT2D eigenvalue weighted by atomic mass is 10.2. The van der Waals surface area contributed by atoms with Crippen LogP contribution >= 0.6 is 11.6 Å². The minimum atomic E-state index is 0.721. The molecule has 6 heteroatoms. The largest absolute Gasteiger partial charge is 0.494 e. The van der Waals surface area contributed by atoms with E-state index < -0.39 is 0 Å². The third-order valence-corrected chi connectivity index (χ3v) is 6.19. The zero-order valence-electron chi connectivity index (χ0n) is 18.0. The summed E-state index contributed by atoms with van der Waals surface area (Å²) in [5.74, 6) is 1.78. The quantitative estimate of drug-likeness (QED) is 0.382. The predicted molar refractivity (Wildman–Crippen MR) is 132 cm³/mol. The van der Waals surface area contributed by atoms with Crippen molar-refractivity contribution >= 4 is 28.3 Å². The molecule has 0 aliphatic carbocycles. The van der Waals surface area contributed by atoms with Crippen molar-refractivity contribution in [1.82, 2.24) is 14.9 Å². The Bertz CT molecular complexity index is 1130. The molecular formula is C26H27ClN4O. The Morgan fingerprint density at radius 2 is 1.72 bits per heavy atom. The Morgan fingerprint density at radius 3 is 2.50 bits per heavy atom. The first-order valence-electron chi connectivity index (χ1n) is 11.2. The van der Waals surface area contributed by atoms with Gasteiger partial charge in [-0.05, 0) is 61.0 Å². The minimum absolute atomic E-state index is 0.721. The fraction of sp³-hybridized carbons (Fsp3) is 0.269. The third-order valence-electron chi connectivity index (χ3n) is 5.95. The highest BCUT2D eigenvalue weighted by molar-refractivity contribution is 6.30. The van der Waals surface area contributed by atoms with Crippen LogP contribution < -0.4 is 9.64 Å². The standard InChI is InChI=1S/C26H27ClN4O/c27-21-5-3-6-22(19-21)31-16-14-30(15-17-31)13-4-18-32-23-11-9-20(10-12-23)26-28-24-7-1-2-8-25(24)29-26/h1-3,5-12,19H,4,13-18H2,(H,28,29). The first kappa shape index (κ1) is 20.9. The maximum Gasteiger partial charge on any atom is 0.138 e. The summed E-state index contributed by atoms with van der Waals surface area (Å²) in [4.78, 5) is 12.9. The van der Waals surface area contributed by atoms with Crippen LogP contribution in [0.2, 0.25) is 5.02 Å². The molecule has 0 saturated carbocycles. The number of piperazine rings is 1. The van der Waals surface area contributed by atoms with Gasteiger partial charge in [-0.3, -0.25) is 4.90 Å². The summed E-state index contributed by atoms with van der Waals surface area (Å²) in [5.41, 5.74) is 4.31. The molecule has 0 atom stereocenters. The van der Waals surface area contributed by atoms with Crippen LogP contribution in [-0.4, -0.2) is 54.2 Å². The van der Waals surface area contributed by atoms with Crippen LogP contribution in [0.1, 0.15) is 6.42 Å². The van der Waals surface area contributed by atoms with Gasteiger partial charge in [0.05, 0.1) is 17.6 Å². The molecular weight excluding hydrogens is 420 g/mol. The molecule has 2 heterocycles. The molecule has 0 spiro atoms. The lowest BCUT2D eigenvalue weighted by Crippen LogP contribution is -2.46. The number of hydrogen-bond donors (Lipinski definition) is 1. The molecule has 164 valence electrons. The van der Waals surface area contributed by atoms with Crippen LogP contribution in [0.5, 0.6) is 5.75 Å². The van der Waals surface area contributed by atoms with Crippen molar-refractivity contribution in [2.45, 2.75) is 6.42 Å². The number of rotatable bonds is 7. The van der Waals surface area contributed by atoms with E-state index in [0.717, 1.165) is 78.9 Å². The number of imidazole rings is 1. The normalized spacial score (nSPS) is 14.7. The number of aromatic amines is 1. The minimum Gasteiger partial charge on any atom is -0.494 e. The number of halogens is 1. The molecule has 1 fully saturated rings. The summed E-state index contributed by atoms with van der Waals surface area (Å²) >= 11 is 6.13. The molecule has 1 aliphatic rings. The summed E-state index contributed by atoms with van der Waals surface area (Å²) < 4.78 is 5.97. The molecule has 3 aromatic carbocycles. The van der Waals surface area contributed by atoms with Crippen LogP contribution in [0.3, 0.4) is 0 Å². The zero-order valence-corrected chi connectivity index (χ0v) is 18.8. The summed E-state index contributed by atoms with van der Waals surface area (Å²) in [6.45, 7) is 5.98. The SMILES string of the molecule is Clc1cccc(N2CCN(CCCOc3ccc(-c4nc5ccccc5[nH]4)cc3)CC2)c1. The van der Waals surface area contributed by atoms with Crippen molar-refractivity contribution in [2.24, 2.45) is 0 Å². The number of aromatic nitrogens is 2. The second-order valence-electron chi connectivity index (χ2n) is 8.14. The monoisotopic (exact) mass is 446 g/mol. The third kappa shape index (κ3) is 4.90. The van der Waals surface area contributed by atoms with Gasteiger partial charge in [0.2, 0.25) is 0 Å². The van der Waals surface area contributed by atoms with Gasteiger partial charge in [-0.2, -0.15) is 0 Å². The zero-order chi connectivity index (χ0) is 21.8.